The molecule has 1 N–H and O–H groups in total. The number of ether oxygens (including phenoxy) is 2. The Balaban J connectivity index is 1.34. The molecule has 0 spiro atoms. The average molecular weight is 400 g/mol. The van der Waals surface area contributed by atoms with Crippen LogP contribution in [0.4, 0.5) is 0 Å². The summed E-state index contributed by atoms with van der Waals surface area (Å²) in [5.41, 5.74) is 8.49. The maximum atomic E-state index is 13.1. The van der Waals surface area contributed by atoms with Crippen molar-refractivity contribution in [2.45, 2.75) is 19.4 Å². The first kappa shape index (κ1) is 18.9. The van der Waals surface area contributed by atoms with Crippen molar-refractivity contribution in [1.82, 2.24) is 0 Å². The number of hydrogen-bond acceptors (Lipinski definition) is 3. The Morgan fingerprint density at radius 2 is 1.60 bits per heavy atom. The molecule has 0 amide bonds. The second-order valence-corrected chi connectivity index (χ2v) is 8.21. The number of Topliss-reactive ketones (excluding diaryl/α,β-unsaturated/α-hetero) is 1. The summed E-state index contributed by atoms with van der Waals surface area (Å²) in [5, 5.41) is 0. The monoisotopic (exact) mass is 400 g/mol. The highest BCUT2D eigenvalue weighted by Crippen LogP contribution is 2.37. The van der Waals surface area contributed by atoms with E-state index in [4.69, 9.17) is 9.47 Å². The van der Waals surface area contributed by atoms with E-state index in [-0.39, 0.29) is 5.78 Å². The number of benzene rings is 3. The van der Waals surface area contributed by atoms with Crippen LogP contribution in [-0.4, -0.2) is 33.1 Å². The first-order valence-corrected chi connectivity index (χ1v) is 10.5. The fraction of sp³-hybridized carbons (Fsp3) is 0.269. The van der Waals surface area contributed by atoms with Gasteiger partial charge in [-0.05, 0) is 52.4 Å². The summed E-state index contributed by atoms with van der Waals surface area (Å²) in [6, 6.07) is 18.8. The molecule has 0 saturated heterocycles. The molecule has 1 unspecified atom stereocenters. The molecule has 0 radical (unpaired) electrons. The minimum atomic E-state index is 0.209. The fourth-order valence-electron chi connectivity index (χ4n) is 4.81. The summed E-state index contributed by atoms with van der Waals surface area (Å²) in [6.07, 6.45) is 1.90. The van der Waals surface area contributed by atoms with Crippen molar-refractivity contribution in [2.75, 3.05) is 27.3 Å². The summed E-state index contributed by atoms with van der Waals surface area (Å²) in [4.78, 5) is 14.4. The van der Waals surface area contributed by atoms with E-state index >= 15 is 0 Å². The van der Waals surface area contributed by atoms with Crippen molar-refractivity contribution < 1.29 is 19.2 Å². The van der Waals surface area contributed by atoms with Gasteiger partial charge in [0.15, 0.2) is 11.5 Å². The van der Waals surface area contributed by atoms with Crippen LogP contribution in [0.5, 0.6) is 11.5 Å². The molecule has 0 saturated carbocycles. The number of carbonyl (C=O) groups excluding carboxylic acids is 1. The van der Waals surface area contributed by atoms with Gasteiger partial charge in [0.05, 0.1) is 20.8 Å². The van der Waals surface area contributed by atoms with Crippen LogP contribution >= 0.6 is 0 Å². The van der Waals surface area contributed by atoms with Crippen LogP contribution in [0.3, 0.4) is 0 Å². The van der Waals surface area contributed by atoms with Crippen molar-refractivity contribution in [3.63, 3.8) is 0 Å². The van der Waals surface area contributed by atoms with Gasteiger partial charge in [-0.3, -0.25) is 4.79 Å². The van der Waals surface area contributed by atoms with E-state index in [0.717, 1.165) is 43.0 Å². The van der Waals surface area contributed by atoms with Gasteiger partial charge in [0.2, 0.25) is 5.78 Å². The Bertz CT molecular complexity index is 1140. The smallest absolute Gasteiger partial charge is 0.216 e. The van der Waals surface area contributed by atoms with Gasteiger partial charge in [-0.1, -0.05) is 36.4 Å². The van der Waals surface area contributed by atoms with Crippen LogP contribution in [-0.2, 0) is 19.4 Å². The molecule has 1 atom stereocenters. The van der Waals surface area contributed by atoms with Gasteiger partial charge in [-0.2, -0.15) is 0 Å². The summed E-state index contributed by atoms with van der Waals surface area (Å²) >= 11 is 0. The zero-order chi connectivity index (χ0) is 20.7. The lowest BCUT2D eigenvalue weighted by atomic mass is 9.97. The van der Waals surface area contributed by atoms with E-state index in [1.165, 1.54) is 38.3 Å². The molecule has 1 aliphatic heterocycles. The molecule has 4 nitrogen and oxygen atoms in total. The van der Waals surface area contributed by atoms with Crippen LogP contribution < -0.4 is 14.4 Å². The number of ketones is 1. The predicted octanol–water partition coefficient (Wildman–Crippen LogP) is 3.10. The van der Waals surface area contributed by atoms with E-state index in [1.807, 2.05) is 6.07 Å². The summed E-state index contributed by atoms with van der Waals surface area (Å²) < 4.78 is 10.9. The van der Waals surface area contributed by atoms with Crippen molar-refractivity contribution in [3.8, 4) is 22.6 Å². The molecular formula is C26H26NO3+. The molecule has 1 heterocycles. The fourth-order valence-corrected chi connectivity index (χ4v) is 4.81. The molecule has 152 valence electrons. The second-order valence-electron chi connectivity index (χ2n) is 8.21. The third kappa shape index (κ3) is 3.27. The molecule has 0 bridgehead atoms. The highest BCUT2D eigenvalue weighted by Gasteiger charge is 2.25. The van der Waals surface area contributed by atoms with E-state index < -0.39 is 0 Å². The molecule has 0 aromatic heterocycles. The number of hydrogen-bond donors (Lipinski definition) is 1. The highest BCUT2D eigenvalue weighted by molar-refractivity contribution is 5.98. The lowest BCUT2D eigenvalue weighted by molar-refractivity contribution is -0.907. The maximum absolute atomic E-state index is 13.1. The van der Waals surface area contributed by atoms with Gasteiger partial charge < -0.3 is 14.4 Å². The molecule has 0 fully saturated rings. The Morgan fingerprint density at radius 3 is 2.40 bits per heavy atom. The number of quaternary nitrogens is 1. The minimum absolute atomic E-state index is 0.209. The third-order valence-electron chi connectivity index (χ3n) is 6.42. The SMILES string of the molecule is COc1cc2c(cc1OC)C[NH+](CC(=O)c1ccc3c(c1)-c1ccccc1C3)CC2. The van der Waals surface area contributed by atoms with Crippen molar-refractivity contribution in [1.29, 1.82) is 0 Å². The first-order valence-electron chi connectivity index (χ1n) is 10.5. The first-order chi connectivity index (χ1) is 14.7. The number of rotatable bonds is 5. The van der Waals surface area contributed by atoms with Crippen LogP contribution in [0.25, 0.3) is 11.1 Å². The Kier molecular flexibility index (Phi) is 4.80. The van der Waals surface area contributed by atoms with Gasteiger partial charge in [0.25, 0.3) is 0 Å². The van der Waals surface area contributed by atoms with Gasteiger partial charge in [0.1, 0.15) is 13.1 Å². The lowest BCUT2D eigenvalue weighted by Gasteiger charge is -2.26. The van der Waals surface area contributed by atoms with Gasteiger partial charge in [-0.15, -0.1) is 0 Å². The molecule has 3 aromatic carbocycles. The van der Waals surface area contributed by atoms with E-state index in [2.05, 4.69) is 48.5 Å². The molecule has 5 rings (SSSR count). The largest absolute Gasteiger partial charge is 0.493 e. The number of carbonyl (C=O) groups is 1. The van der Waals surface area contributed by atoms with Gasteiger partial charge in [-0.25, -0.2) is 0 Å². The molecule has 30 heavy (non-hydrogen) atoms. The Labute approximate surface area is 177 Å². The van der Waals surface area contributed by atoms with Crippen LogP contribution in [0.2, 0.25) is 0 Å². The third-order valence-corrected chi connectivity index (χ3v) is 6.42. The van der Waals surface area contributed by atoms with Gasteiger partial charge in [0, 0.05) is 17.5 Å². The Hall–Kier alpha value is -3.11. The van der Waals surface area contributed by atoms with Crippen LogP contribution in [0, 0.1) is 0 Å². The standard InChI is InChI=1S/C26H25NO3/c1-29-25-13-17-9-10-27(15-21(17)14-26(25)30-2)16-24(28)20-8-7-19-11-18-5-3-4-6-22(18)23(19)12-20/h3-8,12-14H,9-11,15-16H2,1-2H3/p+1. The topological polar surface area (TPSA) is 40.0 Å². The van der Waals surface area contributed by atoms with Gasteiger partial charge >= 0.3 is 0 Å². The molecule has 2 aliphatic rings. The zero-order valence-electron chi connectivity index (χ0n) is 17.5. The molecule has 3 aromatic rings. The zero-order valence-corrected chi connectivity index (χ0v) is 17.5. The highest BCUT2D eigenvalue weighted by atomic mass is 16.5. The molecular weight excluding hydrogens is 374 g/mol. The van der Waals surface area contributed by atoms with Crippen molar-refractivity contribution in [3.05, 3.63) is 82.4 Å². The van der Waals surface area contributed by atoms with E-state index in [1.54, 1.807) is 14.2 Å². The lowest BCUT2D eigenvalue weighted by Crippen LogP contribution is -3.12. The second kappa shape index (κ2) is 7.62. The Morgan fingerprint density at radius 1 is 0.867 bits per heavy atom. The van der Waals surface area contributed by atoms with E-state index in [9.17, 15) is 4.79 Å². The van der Waals surface area contributed by atoms with Crippen LogP contribution in [0.15, 0.2) is 54.6 Å². The number of methoxy groups -OCH3 is 2. The number of nitrogens with one attached hydrogen (secondary N) is 1. The maximum Gasteiger partial charge on any atom is 0.216 e. The minimum Gasteiger partial charge on any atom is -0.493 e. The normalized spacial score (nSPS) is 16.4. The summed E-state index contributed by atoms with van der Waals surface area (Å²) in [7, 11) is 3.32. The molecule has 1 aliphatic carbocycles. The quantitative estimate of drug-likeness (QED) is 0.524. The van der Waals surface area contributed by atoms with Crippen molar-refractivity contribution in [2.24, 2.45) is 0 Å². The van der Waals surface area contributed by atoms with Crippen molar-refractivity contribution >= 4 is 5.78 Å². The summed E-state index contributed by atoms with van der Waals surface area (Å²) in [5.74, 6) is 1.73. The van der Waals surface area contributed by atoms with E-state index in [0.29, 0.717) is 6.54 Å². The summed E-state index contributed by atoms with van der Waals surface area (Å²) in [6.45, 7) is 2.28. The van der Waals surface area contributed by atoms with Crippen LogP contribution in [0.1, 0.15) is 32.6 Å². The number of fused-ring (bicyclic) bond motifs is 4. The predicted molar refractivity (Wildman–Crippen MR) is 117 cm³/mol. The average Bonchev–Trinajstić information content (AvgIpc) is 3.16. The molecule has 4 heteroatoms.